The molecule has 2 rings (SSSR count). The first-order valence-corrected chi connectivity index (χ1v) is 7.75. The minimum atomic E-state index is -0.742. The second-order valence-electron chi connectivity index (χ2n) is 5.01. The van der Waals surface area contributed by atoms with Crippen molar-refractivity contribution in [3.63, 3.8) is 0 Å². The Balaban J connectivity index is 2.01. The molecule has 0 spiro atoms. The average Bonchev–Trinajstić information content (AvgIpc) is 2.65. The van der Waals surface area contributed by atoms with Gasteiger partial charge in [0.2, 0.25) is 0 Å². The summed E-state index contributed by atoms with van der Waals surface area (Å²) in [5.41, 5.74) is 0.950. The van der Waals surface area contributed by atoms with E-state index in [1.165, 1.54) is 32.4 Å². The number of halogens is 1. The minimum absolute atomic E-state index is 0.118. The minimum Gasteiger partial charge on any atom is -0.493 e. The first kappa shape index (κ1) is 19.1. The lowest BCUT2D eigenvalue weighted by atomic mass is 10.2. The number of nitrogens with one attached hydrogen (secondary N) is 1. The van der Waals surface area contributed by atoms with E-state index >= 15 is 0 Å². The van der Waals surface area contributed by atoms with Gasteiger partial charge in [-0.05, 0) is 30.3 Å². The zero-order valence-corrected chi connectivity index (χ0v) is 14.8. The summed E-state index contributed by atoms with van der Waals surface area (Å²) in [6.07, 6.45) is 0. The number of anilines is 1. The van der Waals surface area contributed by atoms with Gasteiger partial charge in [0.05, 0.1) is 36.4 Å². The molecule has 134 valence electrons. The summed E-state index contributed by atoms with van der Waals surface area (Å²) in [5, 5.41) is 11.6. The highest BCUT2D eigenvalue weighted by Gasteiger charge is 2.17. The van der Waals surface area contributed by atoms with Gasteiger partial charge in [0.1, 0.15) is 0 Å². The number of methoxy groups -OCH3 is 2. The van der Waals surface area contributed by atoms with Crippen molar-refractivity contribution < 1.29 is 23.8 Å². The molecule has 0 saturated heterocycles. The zero-order chi connectivity index (χ0) is 19.1. The second kappa shape index (κ2) is 8.74. The number of ether oxygens (including phenoxy) is 3. The van der Waals surface area contributed by atoms with E-state index in [1.807, 2.05) is 6.07 Å². The maximum Gasteiger partial charge on any atom is 0.338 e. The number of hydrogen-bond donors (Lipinski definition) is 1. The molecule has 7 nitrogen and oxygen atoms in total. The molecule has 0 fully saturated rings. The van der Waals surface area contributed by atoms with Gasteiger partial charge in [-0.1, -0.05) is 17.7 Å². The number of carbonyl (C=O) groups excluding carboxylic acids is 2. The van der Waals surface area contributed by atoms with E-state index in [2.05, 4.69) is 5.32 Å². The van der Waals surface area contributed by atoms with E-state index in [0.29, 0.717) is 17.0 Å². The lowest BCUT2D eigenvalue weighted by Gasteiger charge is -2.11. The van der Waals surface area contributed by atoms with Gasteiger partial charge in [-0.2, -0.15) is 5.26 Å². The standard InChI is InChI=1S/C18H15ClN2O5/c1-24-15-8-12(7-14(19)17(15)25-2)18(23)26-10-16(22)21-13-5-3-4-11(6-13)9-20/h3-8H,10H2,1-2H3,(H,21,22). The largest absolute Gasteiger partial charge is 0.493 e. The van der Waals surface area contributed by atoms with Crippen LogP contribution in [-0.4, -0.2) is 32.7 Å². The predicted octanol–water partition coefficient (Wildman–Crippen LogP) is 3.02. The van der Waals surface area contributed by atoms with Crippen molar-refractivity contribution in [2.45, 2.75) is 0 Å². The van der Waals surface area contributed by atoms with Crippen LogP contribution in [0.1, 0.15) is 15.9 Å². The normalized spacial score (nSPS) is 9.77. The van der Waals surface area contributed by atoms with E-state index in [-0.39, 0.29) is 16.3 Å². The van der Waals surface area contributed by atoms with Crippen LogP contribution in [0.25, 0.3) is 0 Å². The molecule has 0 aromatic heterocycles. The van der Waals surface area contributed by atoms with Crippen LogP contribution in [0.4, 0.5) is 5.69 Å². The van der Waals surface area contributed by atoms with Crippen LogP contribution in [0.5, 0.6) is 11.5 Å². The highest BCUT2D eigenvalue weighted by Crippen LogP contribution is 2.36. The van der Waals surface area contributed by atoms with Gasteiger partial charge < -0.3 is 19.5 Å². The van der Waals surface area contributed by atoms with Crippen molar-refractivity contribution in [2.24, 2.45) is 0 Å². The lowest BCUT2D eigenvalue weighted by molar-refractivity contribution is -0.119. The Morgan fingerprint density at radius 3 is 2.62 bits per heavy atom. The SMILES string of the molecule is COc1cc(C(=O)OCC(=O)Nc2cccc(C#N)c2)cc(Cl)c1OC. The summed E-state index contributed by atoms with van der Waals surface area (Å²) in [6.45, 7) is -0.498. The Morgan fingerprint density at radius 2 is 1.96 bits per heavy atom. The maximum absolute atomic E-state index is 12.1. The number of nitrogens with zero attached hydrogens (tertiary/aromatic N) is 1. The van der Waals surface area contributed by atoms with Crippen LogP contribution in [0.3, 0.4) is 0 Å². The van der Waals surface area contributed by atoms with Gasteiger partial charge in [0, 0.05) is 5.69 Å². The molecule has 1 amide bonds. The molecule has 0 bridgehead atoms. The number of benzene rings is 2. The molecule has 0 unspecified atom stereocenters. The van der Waals surface area contributed by atoms with Gasteiger partial charge in [-0.15, -0.1) is 0 Å². The van der Waals surface area contributed by atoms with Gasteiger partial charge in [-0.3, -0.25) is 4.79 Å². The van der Waals surface area contributed by atoms with Crippen LogP contribution in [0.2, 0.25) is 5.02 Å². The number of amides is 1. The Hall–Kier alpha value is -3.24. The third kappa shape index (κ3) is 4.65. The molecule has 0 aliphatic carbocycles. The zero-order valence-electron chi connectivity index (χ0n) is 14.0. The lowest BCUT2D eigenvalue weighted by Crippen LogP contribution is -2.21. The number of rotatable bonds is 6. The summed E-state index contributed by atoms with van der Waals surface area (Å²) in [5.74, 6) is -0.723. The van der Waals surface area contributed by atoms with Gasteiger partial charge >= 0.3 is 5.97 Å². The van der Waals surface area contributed by atoms with Crippen LogP contribution in [0, 0.1) is 11.3 Å². The Kier molecular flexibility index (Phi) is 6.42. The molecule has 26 heavy (non-hydrogen) atoms. The molecule has 0 radical (unpaired) electrons. The van der Waals surface area contributed by atoms with Crippen LogP contribution in [-0.2, 0) is 9.53 Å². The average molecular weight is 375 g/mol. The summed E-state index contributed by atoms with van der Waals surface area (Å²) in [4.78, 5) is 24.0. The monoisotopic (exact) mass is 374 g/mol. The molecular weight excluding hydrogens is 360 g/mol. The van der Waals surface area contributed by atoms with E-state index in [9.17, 15) is 9.59 Å². The van der Waals surface area contributed by atoms with Crippen molar-refractivity contribution in [2.75, 3.05) is 26.1 Å². The van der Waals surface area contributed by atoms with Gasteiger partial charge in [-0.25, -0.2) is 4.79 Å². The number of carbonyl (C=O) groups is 2. The van der Waals surface area contributed by atoms with Crippen molar-refractivity contribution in [3.8, 4) is 17.6 Å². The quantitative estimate of drug-likeness (QED) is 0.780. The van der Waals surface area contributed by atoms with Crippen molar-refractivity contribution in [1.82, 2.24) is 0 Å². The van der Waals surface area contributed by atoms with Gasteiger partial charge in [0.15, 0.2) is 18.1 Å². The van der Waals surface area contributed by atoms with Gasteiger partial charge in [0.25, 0.3) is 5.91 Å². The van der Waals surface area contributed by atoms with E-state index < -0.39 is 18.5 Å². The molecular formula is C18H15ClN2O5. The molecule has 0 aliphatic heterocycles. The second-order valence-corrected chi connectivity index (χ2v) is 5.42. The number of nitriles is 1. The summed E-state index contributed by atoms with van der Waals surface area (Å²) < 4.78 is 15.2. The summed E-state index contributed by atoms with van der Waals surface area (Å²) in [7, 11) is 2.83. The topological polar surface area (TPSA) is 97.6 Å². The molecule has 0 saturated carbocycles. The Labute approximate surface area is 155 Å². The maximum atomic E-state index is 12.1. The molecule has 1 N–H and O–H groups in total. The van der Waals surface area contributed by atoms with E-state index in [1.54, 1.807) is 18.2 Å². The Morgan fingerprint density at radius 1 is 1.19 bits per heavy atom. The third-order valence-corrected chi connectivity index (χ3v) is 3.56. The van der Waals surface area contributed by atoms with Crippen molar-refractivity contribution >= 4 is 29.2 Å². The summed E-state index contributed by atoms with van der Waals surface area (Å²) >= 11 is 6.04. The first-order valence-electron chi connectivity index (χ1n) is 7.37. The molecule has 0 heterocycles. The van der Waals surface area contributed by atoms with Crippen molar-refractivity contribution in [1.29, 1.82) is 5.26 Å². The Bertz CT molecular complexity index is 876. The third-order valence-electron chi connectivity index (χ3n) is 3.28. The van der Waals surface area contributed by atoms with E-state index in [0.717, 1.165) is 0 Å². The van der Waals surface area contributed by atoms with Crippen LogP contribution >= 0.6 is 11.6 Å². The van der Waals surface area contributed by atoms with Crippen molar-refractivity contribution in [3.05, 3.63) is 52.5 Å². The molecule has 0 aliphatic rings. The molecule has 8 heteroatoms. The highest BCUT2D eigenvalue weighted by molar-refractivity contribution is 6.32. The highest BCUT2D eigenvalue weighted by atomic mass is 35.5. The molecule has 2 aromatic rings. The number of esters is 1. The fraction of sp³-hybridized carbons (Fsp3) is 0.167. The summed E-state index contributed by atoms with van der Waals surface area (Å²) in [6, 6.07) is 11.1. The predicted molar refractivity (Wildman–Crippen MR) is 94.6 cm³/mol. The van der Waals surface area contributed by atoms with Crippen LogP contribution < -0.4 is 14.8 Å². The first-order chi connectivity index (χ1) is 12.5. The smallest absolute Gasteiger partial charge is 0.338 e. The molecule has 0 atom stereocenters. The fourth-order valence-electron chi connectivity index (χ4n) is 2.11. The fourth-order valence-corrected chi connectivity index (χ4v) is 2.40. The molecule has 2 aromatic carbocycles. The van der Waals surface area contributed by atoms with E-state index in [4.69, 9.17) is 31.1 Å². The van der Waals surface area contributed by atoms with Crippen LogP contribution in [0.15, 0.2) is 36.4 Å². The number of hydrogen-bond acceptors (Lipinski definition) is 6.